The van der Waals surface area contributed by atoms with Gasteiger partial charge >= 0.3 is 0 Å². The fourth-order valence-corrected chi connectivity index (χ4v) is 4.08. The van der Waals surface area contributed by atoms with Crippen LogP contribution in [0.2, 0.25) is 5.02 Å². The average Bonchev–Trinajstić information content (AvgIpc) is 2.33. The van der Waals surface area contributed by atoms with Gasteiger partial charge in [-0.05, 0) is 48.2 Å². The smallest absolute Gasteiger partial charge is 0.127 e. The lowest BCUT2D eigenvalue weighted by molar-refractivity contribution is 0.618. The molecule has 0 bridgehead atoms. The molecule has 0 radical (unpaired) electrons. The molecule has 19 heavy (non-hydrogen) atoms. The van der Waals surface area contributed by atoms with Crippen molar-refractivity contribution >= 4 is 43.5 Å². The Labute approximate surface area is 134 Å². The van der Waals surface area contributed by atoms with Gasteiger partial charge in [-0.15, -0.1) is 0 Å². The van der Waals surface area contributed by atoms with Crippen LogP contribution in [0.1, 0.15) is 27.1 Å². The summed E-state index contributed by atoms with van der Waals surface area (Å²) >= 11 is 13.3. The summed E-state index contributed by atoms with van der Waals surface area (Å²) in [5.74, 6) is -0.281. The molecule has 0 aromatic heterocycles. The summed E-state index contributed by atoms with van der Waals surface area (Å²) in [6.07, 6.45) is 0. The highest BCUT2D eigenvalue weighted by Gasteiger charge is 2.18. The summed E-state index contributed by atoms with van der Waals surface area (Å²) < 4.78 is 14.5. The predicted octanol–water partition coefficient (Wildman–Crippen LogP) is 6.34. The summed E-state index contributed by atoms with van der Waals surface area (Å²) in [6, 6.07) is 9.27. The number of aryl methyl sites for hydroxylation is 2. The maximum absolute atomic E-state index is 13.4. The highest BCUT2D eigenvalue weighted by molar-refractivity contribution is 9.11. The van der Waals surface area contributed by atoms with Crippen LogP contribution in [-0.4, -0.2) is 0 Å². The SMILES string of the molecule is Cc1ccc(C(Br)c2cc(C)c(F)cc2Cl)c(Br)c1. The van der Waals surface area contributed by atoms with Crippen LogP contribution in [0, 0.1) is 19.7 Å². The van der Waals surface area contributed by atoms with Gasteiger partial charge in [-0.3, -0.25) is 0 Å². The number of alkyl halides is 1. The largest absolute Gasteiger partial charge is 0.207 e. The Kier molecular flexibility index (Phi) is 4.70. The average molecular weight is 407 g/mol. The second kappa shape index (κ2) is 5.94. The van der Waals surface area contributed by atoms with Crippen LogP contribution < -0.4 is 0 Å². The maximum Gasteiger partial charge on any atom is 0.127 e. The van der Waals surface area contributed by atoms with Crippen LogP contribution in [0.15, 0.2) is 34.8 Å². The van der Waals surface area contributed by atoms with E-state index >= 15 is 0 Å². The molecule has 1 unspecified atom stereocenters. The topological polar surface area (TPSA) is 0 Å². The summed E-state index contributed by atoms with van der Waals surface area (Å²) in [7, 11) is 0. The summed E-state index contributed by atoms with van der Waals surface area (Å²) in [4.78, 5) is -0.0747. The molecule has 0 nitrogen and oxygen atoms in total. The van der Waals surface area contributed by atoms with Crippen LogP contribution in [0.25, 0.3) is 0 Å². The fraction of sp³-hybridized carbons (Fsp3) is 0.200. The Bertz CT molecular complexity index is 626. The molecule has 2 aromatic rings. The molecular formula is C15H12Br2ClF. The van der Waals surface area contributed by atoms with E-state index in [0.717, 1.165) is 15.6 Å². The number of hydrogen-bond donors (Lipinski definition) is 0. The van der Waals surface area contributed by atoms with E-state index in [-0.39, 0.29) is 10.6 Å². The van der Waals surface area contributed by atoms with E-state index in [9.17, 15) is 4.39 Å². The number of rotatable bonds is 2. The quantitative estimate of drug-likeness (QED) is 0.510. The molecule has 0 spiro atoms. The Morgan fingerprint density at radius 3 is 2.42 bits per heavy atom. The van der Waals surface area contributed by atoms with Crippen molar-refractivity contribution in [3.05, 3.63) is 67.9 Å². The van der Waals surface area contributed by atoms with Gasteiger partial charge < -0.3 is 0 Å². The molecule has 0 fully saturated rings. The van der Waals surface area contributed by atoms with E-state index in [0.29, 0.717) is 10.6 Å². The van der Waals surface area contributed by atoms with Gasteiger partial charge in [0.15, 0.2) is 0 Å². The van der Waals surface area contributed by atoms with Gasteiger partial charge in [0.05, 0.1) is 4.83 Å². The summed E-state index contributed by atoms with van der Waals surface area (Å²) in [6.45, 7) is 3.77. The molecule has 0 saturated carbocycles. The van der Waals surface area contributed by atoms with Crippen molar-refractivity contribution in [3.63, 3.8) is 0 Å². The van der Waals surface area contributed by atoms with Crippen molar-refractivity contribution in [1.29, 1.82) is 0 Å². The Morgan fingerprint density at radius 2 is 1.79 bits per heavy atom. The Balaban J connectivity index is 2.49. The van der Waals surface area contributed by atoms with Gasteiger partial charge in [-0.25, -0.2) is 4.39 Å². The van der Waals surface area contributed by atoms with Crippen LogP contribution in [0.4, 0.5) is 4.39 Å². The third-order valence-electron chi connectivity index (χ3n) is 2.98. The van der Waals surface area contributed by atoms with E-state index in [1.165, 1.54) is 11.6 Å². The van der Waals surface area contributed by atoms with Gasteiger partial charge in [-0.2, -0.15) is 0 Å². The molecule has 0 aliphatic heterocycles. The zero-order valence-electron chi connectivity index (χ0n) is 10.5. The lowest BCUT2D eigenvalue weighted by Crippen LogP contribution is -1.98. The summed E-state index contributed by atoms with van der Waals surface area (Å²) in [5, 5.41) is 0.428. The van der Waals surface area contributed by atoms with E-state index in [4.69, 9.17) is 11.6 Å². The molecular weight excluding hydrogens is 394 g/mol. The number of halogens is 4. The first kappa shape index (κ1) is 15.0. The van der Waals surface area contributed by atoms with E-state index in [1.54, 1.807) is 13.0 Å². The fourth-order valence-electron chi connectivity index (χ4n) is 1.88. The van der Waals surface area contributed by atoms with Gasteiger partial charge in [0.25, 0.3) is 0 Å². The lowest BCUT2D eigenvalue weighted by atomic mass is 10.0. The minimum atomic E-state index is -0.281. The third-order valence-corrected chi connectivity index (χ3v) is 4.98. The molecule has 2 aromatic carbocycles. The van der Waals surface area contributed by atoms with Crippen LogP contribution in [0.3, 0.4) is 0 Å². The molecule has 0 heterocycles. The first-order valence-electron chi connectivity index (χ1n) is 5.76. The number of benzene rings is 2. The van der Waals surface area contributed by atoms with Crippen molar-refractivity contribution in [1.82, 2.24) is 0 Å². The van der Waals surface area contributed by atoms with Crippen molar-refractivity contribution in [3.8, 4) is 0 Å². The molecule has 0 aliphatic carbocycles. The first-order chi connectivity index (χ1) is 8.90. The van der Waals surface area contributed by atoms with Gasteiger partial charge in [0.1, 0.15) is 5.82 Å². The van der Waals surface area contributed by atoms with Crippen LogP contribution in [-0.2, 0) is 0 Å². The second-order valence-electron chi connectivity index (χ2n) is 4.51. The zero-order chi connectivity index (χ0) is 14.2. The van der Waals surface area contributed by atoms with Gasteiger partial charge in [0.2, 0.25) is 0 Å². The zero-order valence-corrected chi connectivity index (χ0v) is 14.4. The highest BCUT2D eigenvalue weighted by atomic mass is 79.9. The first-order valence-corrected chi connectivity index (χ1v) is 7.84. The third kappa shape index (κ3) is 3.21. The summed E-state index contributed by atoms with van der Waals surface area (Å²) in [5.41, 5.74) is 3.70. The lowest BCUT2D eigenvalue weighted by Gasteiger charge is -2.16. The van der Waals surface area contributed by atoms with Crippen molar-refractivity contribution in [2.45, 2.75) is 18.7 Å². The maximum atomic E-state index is 13.4. The Hall–Kier alpha value is -0.380. The predicted molar refractivity (Wildman–Crippen MR) is 85.8 cm³/mol. The van der Waals surface area contributed by atoms with Gasteiger partial charge in [-0.1, -0.05) is 61.7 Å². The highest BCUT2D eigenvalue weighted by Crippen LogP contribution is 2.39. The van der Waals surface area contributed by atoms with E-state index in [1.807, 2.05) is 25.1 Å². The molecule has 4 heteroatoms. The standard InChI is InChI=1S/C15H12Br2ClF/c1-8-3-4-10(12(16)5-8)15(17)11-6-9(2)14(19)7-13(11)18/h3-7,15H,1-2H3. The van der Waals surface area contributed by atoms with E-state index in [2.05, 4.69) is 31.9 Å². The normalized spacial score (nSPS) is 12.5. The van der Waals surface area contributed by atoms with Crippen molar-refractivity contribution in [2.75, 3.05) is 0 Å². The van der Waals surface area contributed by atoms with E-state index < -0.39 is 0 Å². The molecule has 0 aliphatic rings. The minimum Gasteiger partial charge on any atom is -0.207 e. The molecule has 100 valence electrons. The van der Waals surface area contributed by atoms with Crippen molar-refractivity contribution < 1.29 is 4.39 Å². The minimum absolute atomic E-state index is 0.0747. The van der Waals surface area contributed by atoms with Crippen molar-refractivity contribution in [2.24, 2.45) is 0 Å². The molecule has 0 N–H and O–H groups in total. The van der Waals surface area contributed by atoms with Crippen LogP contribution >= 0.6 is 43.5 Å². The molecule has 0 saturated heterocycles. The molecule has 1 atom stereocenters. The Morgan fingerprint density at radius 1 is 1.11 bits per heavy atom. The molecule has 2 rings (SSSR count). The monoisotopic (exact) mass is 404 g/mol. The number of hydrogen-bond acceptors (Lipinski definition) is 0. The van der Waals surface area contributed by atoms with Gasteiger partial charge in [0, 0.05) is 9.50 Å². The second-order valence-corrected chi connectivity index (χ2v) is 6.69. The molecule has 0 amide bonds. The van der Waals surface area contributed by atoms with Crippen LogP contribution in [0.5, 0.6) is 0 Å².